The summed E-state index contributed by atoms with van der Waals surface area (Å²) < 4.78 is 0. The molecule has 0 radical (unpaired) electrons. The summed E-state index contributed by atoms with van der Waals surface area (Å²) in [5.41, 5.74) is 2.60. The van der Waals surface area contributed by atoms with Gasteiger partial charge >= 0.3 is 0 Å². The largest absolute Gasteiger partial charge is 0.503 e. The number of carbonyl (C=O) groups excluding carboxylic acids is 2. The van der Waals surface area contributed by atoms with E-state index in [2.05, 4.69) is 9.97 Å². The highest BCUT2D eigenvalue weighted by Gasteiger charge is 2.46. The molecular weight excluding hydrogens is 386 g/mol. The summed E-state index contributed by atoms with van der Waals surface area (Å²) in [7, 11) is 0. The van der Waals surface area contributed by atoms with Crippen LogP contribution in [0.1, 0.15) is 37.7 Å². The van der Waals surface area contributed by atoms with Crippen LogP contribution in [0.2, 0.25) is 0 Å². The number of benzene rings is 1. The van der Waals surface area contributed by atoms with Crippen LogP contribution < -0.4 is 4.90 Å². The minimum absolute atomic E-state index is 0.0312. The molecule has 2 aromatic heterocycles. The fraction of sp³-hybridized carbons (Fsp3) is 0.182. The van der Waals surface area contributed by atoms with Gasteiger partial charge < -0.3 is 5.11 Å². The zero-order valence-corrected chi connectivity index (χ0v) is 17.0. The Morgan fingerprint density at radius 2 is 1.83 bits per heavy atom. The highest BCUT2D eigenvalue weighted by atomic mass is 32.1. The van der Waals surface area contributed by atoms with Crippen molar-refractivity contribution < 1.29 is 14.7 Å². The topological polar surface area (TPSA) is 83.4 Å². The number of aliphatic hydroxyl groups is 1. The Labute approximate surface area is 172 Å². The van der Waals surface area contributed by atoms with E-state index >= 15 is 0 Å². The quantitative estimate of drug-likeness (QED) is 0.656. The number of ketones is 1. The summed E-state index contributed by atoms with van der Waals surface area (Å²) >= 11 is 1.25. The van der Waals surface area contributed by atoms with Gasteiger partial charge in [0.15, 0.2) is 5.76 Å². The molecule has 146 valence electrons. The molecule has 0 saturated heterocycles. The number of hydrogen-bond acceptors (Lipinski definition) is 6. The number of nitrogens with zero attached hydrogens (tertiary/aromatic N) is 3. The number of thiazole rings is 1. The molecule has 1 aliphatic rings. The maximum atomic E-state index is 13.4. The predicted octanol–water partition coefficient (Wildman–Crippen LogP) is 4.25. The molecule has 0 aliphatic carbocycles. The lowest BCUT2D eigenvalue weighted by Crippen LogP contribution is -2.32. The van der Waals surface area contributed by atoms with Gasteiger partial charge in [0.05, 0.1) is 26.8 Å². The van der Waals surface area contributed by atoms with Crippen LogP contribution in [0.4, 0.5) is 5.69 Å². The van der Waals surface area contributed by atoms with E-state index in [-0.39, 0.29) is 5.57 Å². The molecule has 29 heavy (non-hydrogen) atoms. The molecule has 0 spiro atoms. The highest BCUT2D eigenvalue weighted by Crippen LogP contribution is 2.42. The molecule has 7 heteroatoms. The molecule has 0 bridgehead atoms. The average Bonchev–Trinajstić information content (AvgIpc) is 3.18. The Bertz CT molecular complexity index is 1150. The Morgan fingerprint density at radius 1 is 1.10 bits per heavy atom. The lowest BCUT2D eigenvalue weighted by Gasteiger charge is -2.27. The molecular formula is C22H19N3O3S. The number of amides is 1. The van der Waals surface area contributed by atoms with Gasteiger partial charge in [0.25, 0.3) is 5.91 Å². The molecule has 1 unspecified atom stereocenters. The first-order valence-corrected chi connectivity index (χ1v) is 9.93. The van der Waals surface area contributed by atoms with E-state index in [0.29, 0.717) is 22.0 Å². The van der Waals surface area contributed by atoms with Crippen molar-refractivity contribution in [1.82, 2.24) is 9.97 Å². The van der Waals surface area contributed by atoms with E-state index in [0.717, 1.165) is 10.6 Å². The standard InChI is InChI=1S/C22H19N3O3S/c1-12-8-4-5-10-16(12)25-18(15-9-6-7-11-23-15)17(20(27)22(25)28)19(26)21-13(2)24-14(3)29-21/h4-11,18,27H,1-3H3. The van der Waals surface area contributed by atoms with Gasteiger partial charge in [-0.05, 0) is 44.5 Å². The van der Waals surface area contributed by atoms with Gasteiger partial charge in [-0.1, -0.05) is 24.3 Å². The van der Waals surface area contributed by atoms with Crippen LogP contribution in [0.15, 0.2) is 60.0 Å². The molecule has 1 aromatic carbocycles. The normalized spacial score (nSPS) is 16.6. The second-order valence-electron chi connectivity index (χ2n) is 6.86. The molecule has 3 heterocycles. The van der Waals surface area contributed by atoms with Crippen molar-refractivity contribution in [3.05, 3.63) is 86.8 Å². The number of aryl methyl sites for hydroxylation is 3. The Kier molecular flexibility index (Phi) is 4.76. The molecule has 1 amide bonds. The number of anilines is 1. The van der Waals surface area contributed by atoms with Gasteiger partial charge in [-0.25, -0.2) is 4.98 Å². The van der Waals surface area contributed by atoms with E-state index in [9.17, 15) is 14.7 Å². The second kappa shape index (κ2) is 7.25. The van der Waals surface area contributed by atoms with Crippen LogP contribution in [0.3, 0.4) is 0 Å². The molecule has 1 atom stereocenters. The zero-order valence-electron chi connectivity index (χ0n) is 16.2. The predicted molar refractivity (Wildman–Crippen MR) is 111 cm³/mol. The molecule has 4 rings (SSSR count). The molecule has 0 saturated carbocycles. The molecule has 3 aromatic rings. The summed E-state index contributed by atoms with van der Waals surface area (Å²) in [5.74, 6) is -1.55. The Balaban J connectivity index is 1.91. The Hall–Kier alpha value is -3.32. The minimum atomic E-state index is -0.820. The number of pyridine rings is 1. The first-order valence-electron chi connectivity index (χ1n) is 9.12. The van der Waals surface area contributed by atoms with Gasteiger partial charge in [-0.3, -0.25) is 19.5 Å². The zero-order chi connectivity index (χ0) is 20.7. The molecule has 1 aliphatic heterocycles. The number of rotatable bonds is 4. The van der Waals surface area contributed by atoms with Crippen molar-refractivity contribution in [1.29, 1.82) is 0 Å². The monoisotopic (exact) mass is 405 g/mol. The molecule has 1 N–H and O–H groups in total. The number of hydrogen-bond donors (Lipinski definition) is 1. The van der Waals surface area contributed by atoms with Crippen molar-refractivity contribution in [3.63, 3.8) is 0 Å². The lowest BCUT2D eigenvalue weighted by molar-refractivity contribution is -0.117. The lowest BCUT2D eigenvalue weighted by atomic mass is 9.98. The smallest absolute Gasteiger partial charge is 0.294 e. The summed E-state index contributed by atoms with van der Waals surface area (Å²) in [6.45, 7) is 5.45. The van der Waals surface area contributed by atoms with Crippen molar-refractivity contribution in [3.8, 4) is 0 Å². The number of carbonyl (C=O) groups is 2. The third-order valence-electron chi connectivity index (χ3n) is 4.91. The first kappa shape index (κ1) is 19.0. The number of Topliss-reactive ketones (excluding diaryl/α,β-unsaturated/α-hetero) is 1. The number of aromatic nitrogens is 2. The van der Waals surface area contributed by atoms with Crippen molar-refractivity contribution in [2.75, 3.05) is 4.90 Å². The fourth-order valence-electron chi connectivity index (χ4n) is 3.60. The minimum Gasteiger partial charge on any atom is -0.503 e. The van der Waals surface area contributed by atoms with Crippen LogP contribution in [0.25, 0.3) is 0 Å². The van der Waals surface area contributed by atoms with Crippen molar-refractivity contribution in [2.24, 2.45) is 0 Å². The highest BCUT2D eigenvalue weighted by molar-refractivity contribution is 7.14. The summed E-state index contributed by atoms with van der Waals surface area (Å²) in [6, 6.07) is 11.9. The van der Waals surface area contributed by atoms with Gasteiger partial charge in [-0.2, -0.15) is 0 Å². The van der Waals surface area contributed by atoms with Crippen LogP contribution in [-0.2, 0) is 4.79 Å². The van der Waals surface area contributed by atoms with E-state index in [4.69, 9.17) is 0 Å². The van der Waals surface area contributed by atoms with Gasteiger partial charge in [0.1, 0.15) is 6.04 Å². The van der Waals surface area contributed by atoms with Crippen molar-refractivity contribution >= 4 is 28.7 Å². The number of aliphatic hydroxyl groups excluding tert-OH is 1. The van der Waals surface area contributed by atoms with E-state index in [1.165, 1.54) is 16.2 Å². The third-order valence-corrected chi connectivity index (χ3v) is 5.98. The first-order chi connectivity index (χ1) is 13.9. The number of para-hydroxylation sites is 1. The van der Waals surface area contributed by atoms with Crippen LogP contribution in [-0.4, -0.2) is 26.8 Å². The van der Waals surface area contributed by atoms with E-state index in [1.807, 2.05) is 32.0 Å². The van der Waals surface area contributed by atoms with E-state index < -0.39 is 23.5 Å². The summed E-state index contributed by atoms with van der Waals surface area (Å²) in [5, 5.41) is 11.5. The van der Waals surface area contributed by atoms with Crippen LogP contribution in [0, 0.1) is 20.8 Å². The fourth-order valence-corrected chi connectivity index (χ4v) is 4.48. The van der Waals surface area contributed by atoms with Gasteiger partial charge in [0, 0.05) is 11.9 Å². The van der Waals surface area contributed by atoms with Crippen LogP contribution in [0.5, 0.6) is 0 Å². The molecule has 6 nitrogen and oxygen atoms in total. The Morgan fingerprint density at radius 3 is 2.45 bits per heavy atom. The van der Waals surface area contributed by atoms with Gasteiger partial charge in [0.2, 0.25) is 5.78 Å². The summed E-state index contributed by atoms with van der Waals surface area (Å²) in [6.07, 6.45) is 1.61. The van der Waals surface area contributed by atoms with Gasteiger partial charge in [-0.15, -0.1) is 11.3 Å². The van der Waals surface area contributed by atoms with E-state index in [1.54, 1.807) is 37.4 Å². The molecule has 0 fully saturated rings. The van der Waals surface area contributed by atoms with Crippen LogP contribution >= 0.6 is 11.3 Å². The second-order valence-corrected chi connectivity index (χ2v) is 8.06. The summed E-state index contributed by atoms with van der Waals surface area (Å²) in [4.78, 5) is 37.1. The van der Waals surface area contributed by atoms with Crippen molar-refractivity contribution in [2.45, 2.75) is 26.8 Å². The SMILES string of the molecule is Cc1nc(C)c(C(=O)C2=C(O)C(=O)N(c3ccccc3C)C2c2ccccn2)s1. The third kappa shape index (κ3) is 3.13. The maximum Gasteiger partial charge on any atom is 0.294 e. The average molecular weight is 405 g/mol. The maximum absolute atomic E-state index is 13.4.